The summed E-state index contributed by atoms with van der Waals surface area (Å²) in [5, 5.41) is 8.28. The molecule has 114 valence electrons. The summed E-state index contributed by atoms with van der Waals surface area (Å²) in [6.07, 6.45) is 8.41. The average Bonchev–Trinajstić information content (AvgIpc) is 2.96. The molecule has 20 heavy (non-hydrogen) atoms. The van der Waals surface area contributed by atoms with E-state index in [0.717, 1.165) is 25.2 Å². The van der Waals surface area contributed by atoms with Crippen molar-refractivity contribution in [1.29, 1.82) is 0 Å². The predicted octanol–water partition coefficient (Wildman–Crippen LogP) is 4.13. The Balaban J connectivity index is 1.71. The molecular formula is C16H28ClN3. The number of nitrogens with zero attached hydrogens (tertiary/aromatic N) is 2. The highest BCUT2D eigenvalue weighted by Crippen LogP contribution is 2.28. The number of halogens is 1. The number of hydrogen-bond acceptors (Lipinski definition) is 2. The zero-order valence-corrected chi connectivity index (χ0v) is 13.8. The molecule has 2 rings (SSSR count). The molecule has 0 amide bonds. The topological polar surface area (TPSA) is 29.9 Å². The molecule has 1 unspecified atom stereocenters. The zero-order chi connectivity index (χ0) is 14.6. The molecule has 1 saturated carbocycles. The number of rotatable bonds is 6. The summed E-state index contributed by atoms with van der Waals surface area (Å²) in [7, 11) is 0. The minimum atomic E-state index is 0.187. The van der Waals surface area contributed by atoms with E-state index in [9.17, 15) is 0 Å². The molecule has 0 aromatic carbocycles. The van der Waals surface area contributed by atoms with Gasteiger partial charge in [-0.05, 0) is 30.7 Å². The molecule has 1 aliphatic rings. The summed E-state index contributed by atoms with van der Waals surface area (Å²) in [5.41, 5.74) is 1.41. The van der Waals surface area contributed by atoms with Crippen LogP contribution in [0.1, 0.15) is 64.6 Å². The number of nitrogens with one attached hydrogen (secondary N) is 1. The lowest BCUT2D eigenvalue weighted by molar-refractivity contribution is 0.364. The first-order chi connectivity index (χ1) is 9.44. The van der Waals surface area contributed by atoms with Crippen molar-refractivity contribution >= 4 is 11.6 Å². The lowest BCUT2D eigenvalue weighted by Crippen LogP contribution is -2.26. The highest BCUT2D eigenvalue weighted by atomic mass is 35.5. The SMILES string of the molecule is CC(C)(C)CC(Cl)CNCc1ccn(C2CCCC2)n1. The van der Waals surface area contributed by atoms with E-state index in [1.54, 1.807) is 0 Å². The van der Waals surface area contributed by atoms with Crippen LogP contribution in [0.4, 0.5) is 0 Å². The van der Waals surface area contributed by atoms with Crippen LogP contribution in [0, 0.1) is 5.41 Å². The Labute approximate surface area is 128 Å². The Morgan fingerprint density at radius 3 is 2.75 bits per heavy atom. The Hall–Kier alpha value is -0.540. The quantitative estimate of drug-likeness (QED) is 0.800. The summed E-state index contributed by atoms with van der Waals surface area (Å²) in [6, 6.07) is 2.75. The molecule has 1 fully saturated rings. The normalized spacial score (nSPS) is 18.6. The van der Waals surface area contributed by atoms with E-state index in [2.05, 4.69) is 48.1 Å². The molecule has 1 atom stereocenters. The van der Waals surface area contributed by atoms with Gasteiger partial charge in [-0.3, -0.25) is 4.68 Å². The summed E-state index contributed by atoms with van der Waals surface area (Å²) >= 11 is 6.35. The molecule has 0 saturated heterocycles. The lowest BCUT2D eigenvalue weighted by Gasteiger charge is -2.21. The second kappa shape index (κ2) is 6.95. The van der Waals surface area contributed by atoms with E-state index < -0.39 is 0 Å². The molecule has 4 heteroatoms. The van der Waals surface area contributed by atoms with E-state index >= 15 is 0 Å². The van der Waals surface area contributed by atoms with Crippen LogP contribution in [0.2, 0.25) is 0 Å². The Bertz CT molecular complexity index is 402. The van der Waals surface area contributed by atoms with Crippen molar-refractivity contribution in [2.75, 3.05) is 6.54 Å². The number of hydrogen-bond donors (Lipinski definition) is 1. The summed E-state index contributed by atoms with van der Waals surface area (Å²) in [6.45, 7) is 8.34. The fraction of sp³-hybridized carbons (Fsp3) is 0.812. The van der Waals surface area contributed by atoms with Crippen LogP contribution in [-0.4, -0.2) is 21.7 Å². The van der Waals surface area contributed by atoms with Gasteiger partial charge in [0.25, 0.3) is 0 Å². The summed E-state index contributed by atoms with van der Waals surface area (Å²) < 4.78 is 2.15. The monoisotopic (exact) mass is 297 g/mol. The van der Waals surface area contributed by atoms with Crippen LogP contribution >= 0.6 is 11.6 Å². The number of alkyl halides is 1. The van der Waals surface area contributed by atoms with Gasteiger partial charge < -0.3 is 5.32 Å². The maximum absolute atomic E-state index is 6.35. The van der Waals surface area contributed by atoms with Gasteiger partial charge >= 0.3 is 0 Å². The third-order valence-electron chi connectivity index (χ3n) is 3.87. The summed E-state index contributed by atoms with van der Waals surface area (Å²) in [4.78, 5) is 0. The molecule has 0 spiro atoms. The van der Waals surface area contributed by atoms with Crippen LogP contribution in [0.25, 0.3) is 0 Å². The van der Waals surface area contributed by atoms with Crippen LogP contribution in [0.3, 0.4) is 0 Å². The molecule has 0 aliphatic heterocycles. The minimum Gasteiger partial charge on any atom is -0.310 e. The van der Waals surface area contributed by atoms with Crippen molar-refractivity contribution in [3.8, 4) is 0 Å². The Morgan fingerprint density at radius 1 is 1.40 bits per heavy atom. The fourth-order valence-corrected chi connectivity index (χ4v) is 3.51. The van der Waals surface area contributed by atoms with Gasteiger partial charge in [0, 0.05) is 24.7 Å². The van der Waals surface area contributed by atoms with Gasteiger partial charge in [0.2, 0.25) is 0 Å². The second-order valence-electron chi connectivity index (χ2n) is 7.22. The van der Waals surface area contributed by atoms with E-state index in [4.69, 9.17) is 11.6 Å². The van der Waals surface area contributed by atoms with Crippen molar-refractivity contribution in [2.45, 2.75) is 70.8 Å². The van der Waals surface area contributed by atoms with E-state index in [1.807, 2.05) is 0 Å². The Morgan fingerprint density at radius 2 is 2.10 bits per heavy atom. The van der Waals surface area contributed by atoms with Crippen molar-refractivity contribution in [3.05, 3.63) is 18.0 Å². The van der Waals surface area contributed by atoms with Crippen molar-refractivity contribution in [3.63, 3.8) is 0 Å². The molecule has 1 N–H and O–H groups in total. The minimum absolute atomic E-state index is 0.187. The van der Waals surface area contributed by atoms with Crippen LogP contribution in [-0.2, 0) is 6.54 Å². The standard InChI is InChI=1S/C16H28ClN3/c1-16(2,3)10-13(17)11-18-12-14-8-9-20(19-14)15-6-4-5-7-15/h8-9,13,15,18H,4-7,10-12H2,1-3H3. The van der Waals surface area contributed by atoms with E-state index in [1.165, 1.54) is 25.7 Å². The van der Waals surface area contributed by atoms with Gasteiger partial charge in [-0.1, -0.05) is 33.6 Å². The maximum atomic E-state index is 6.35. The predicted molar refractivity (Wildman–Crippen MR) is 85.2 cm³/mol. The smallest absolute Gasteiger partial charge is 0.0762 e. The number of aromatic nitrogens is 2. The van der Waals surface area contributed by atoms with Gasteiger partial charge in [0.15, 0.2) is 0 Å². The average molecular weight is 298 g/mol. The van der Waals surface area contributed by atoms with E-state index in [-0.39, 0.29) is 10.8 Å². The van der Waals surface area contributed by atoms with Gasteiger partial charge in [-0.2, -0.15) is 5.10 Å². The maximum Gasteiger partial charge on any atom is 0.0762 e. The Kier molecular flexibility index (Phi) is 5.50. The third-order valence-corrected chi connectivity index (χ3v) is 4.18. The molecule has 0 bridgehead atoms. The molecule has 1 aliphatic carbocycles. The first kappa shape index (κ1) is 15.8. The second-order valence-corrected chi connectivity index (χ2v) is 7.84. The van der Waals surface area contributed by atoms with Crippen LogP contribution in [0.15, 0.2) is 12.3 Å². The van der Waals surface area contributed by atoms with Gasteiger partial charge in [-0.25, -0.2) is 0 Å². The fourth-order valence-electron chi connectivity index (χ4n) is 2.94. The largest absolute Gasteiger partial charge is 0.310 e. The highest BCUT2D eigenvalue weighted by molar-refractivity contribution is 6.20. The van der Waals surface area contributed by atoms with Crippen molar-refractivity contribution < 1.29 is 0 Å². The molecular weight excluding hydrogens is 270 g/mol. The first-order valence-corrected chi connectivity index (χ1v) is 8.26. The molecule has 1 aromatic heterocycles. The highest BCUT2D eigenvalue weighted by Gasteiger charge is 2.18. The van der Waals surface area contributed by atoms with Crippen molar-refractivity contribution in [2.24, 2.45) is 5.41 Å². The lowest BCUT2D eigenvalue weighted by atomic mass is 9.90. The van der Waals surface area contributed by atoms with Crippen molar-refractivity contribution in [1.82, 2.24) is 15.1 Å². The molecule has 0 radical (unpaired) electrons. The van der Waals surface area contributed by atoms with Crippen LogP contribution < -0.4 is 5.32 Å². The molecule has 1 aromatic rings. The van der Waals surface area contributed by atoms with Gasteiger partial charge in [0.05, 0.1) is 11.7 Å². The van der Waals surface area contributed by atoms with Gasteiger partial charge in [0.1, 0.15) is 0 Å². The molecule has 3 nitrogen and oxygen atoms in total. The third kappa shape index (κ3) is 5.10. The van der Waals surface area contributed by atoms with Gasteiger partial charge in [-0.15, -0.1) is 11.6 Å². The zero-order valence-electron chi connectivity index (χ0n) is 13.0. The first-order valence-electron chi connectivity index (χ1n) is 7.83. The van der Waals surface area contributed by atoms with Crippen LogP contribution in [0.5, 0.6) is 0 Å². The summed E-state index contributed by atoms with van der Waals surface area (Å²) in [5.74, 6) is 0. The van der Waals surface area contributed by atoms with E-state index in [0.29, 0.717) is 6.04 Å². The molecule has 1 heterocycles.